The van der Waals surface area contributed by atoms with Crippen LogP contribution in [0.5, 0.6) is 0 Å². The van der Waals surface area contributed by atoms with Gasteiger partial charge in [0.1, 0.15) is 0 Å². The highest BCUT2D eigenvalue weighted by Crippen LogP contribution is 2.35. The van der Waals surface area contributed by atoms with Gasteiger partial charge in [0, 0.05) is 11.8 Å². The molecule has 0 aliphatic heterocycles. The minimum absolute atomic E-state index is 0.375. The van der Waals surface area contributed by atoms with Gasteiger partial charge in [-0.05, 0) is 12.5 Å². The molecule has 0 saturated carbocycles. The third-order valence-corrected chi connectivity index (χ3v) is 2.45. The average molecular weight is 160 g/mol. The van der Waals surface area contributed by atoms with Gasteiger partial charge in [-0.1, -0.05) is 36.5 Å². The Morgan fingerprint density at radius 1 is 1.25 bits per heavy atom. The fourth-order valence-corrected chi connectivity index (χ4v) is 1.81. The maximum Gasteiger partial charge on any atom is 0.0929 e. The molecular weight excluding hydrogens is 148 g/mol. The highest BCUT2D eigenvalue weighted by Gasteiger charge is 2.25. The van der Waals surface area contributed by atoms with E-state index in [0.717, 1.165) is 5.57 Å². The predicted molar refractivity (Wildman–Crippen MR) is 49.7 cm³/mol. The first kappa shape index (κ1) is 7.41. The summed E-state index contributed by atoms with van der Waals surface area (Å²) in [6, 6.07) is 0. The maximum atomic E-state index is 9.36. The van der Waals surface area contributed by atoms with Crippen LogP contribution in [0, 0.1) is 11.8 Å². The molecule has 2 aliphatic carbocycles. The van der Waals surface area contributed by atoms with E-state index in [4.69, 9.17) is 0 Å². The number of allylic oxidation sites excluding steroid dienone is 8. The van der Waals surface area contributed by atoms with E-state index in [1.807, 2.05) is 12.2 Å². The second kappa shape index (κ2) is 2.67. The third-order valence-electron chi connectivity index (χ3n) is 2.45. The standard InChI is InChI=1S/C11H12O/c1-8(12)10-7-6-9-4-2-3-5-11(9)10/h2-7,9,11-12H,1H3/b10-8+/t9-,11-/m0/s1. The molecular formula is C11H12O. The number of aliphatic hydroxyl groups is 1. The Hall–Kier alpha value is -1.24. The highest BCUT2D eigenvalue weighted by molar-refractivity contribution is 5.40. The molecule has 0 amide bonds. The molecule has 2 atom stereocenters. The van der Waals surface area contributed by atoms with Crippen molar-refractivity contribution in [3.63, 3.8) is 0 Å². The highest BCUT2D eigenvalue weighted by atomic mass is 16.3. The molecule has 1 N–H and O–H groups in total. The summed E-state index contributed by atoms with van der Waals surface area (Å²) in [6.45, 7) is 1.74. The molecule has 62 valence electrons. The van der Waals surface area contributed by atoms with Gasteiger partial charge in [0.25, 0.3) is 0 Å². The van der Waals surface area contributed by atoms with Crippen LogP contribution in [0.2, 0.25) is 0 Å². The van der Waals surface area contributed by atoms with Crippen molar-refractivity contribution in [3.05, 3.63) is 47.8 Å². The Balaban J connectivity index is 2.36. The summed E-state index contributed by atoms with van der Waals surface area (Å²) >= 11 is 0. The molecule has 0 bridgehead atoms. The van der Waals surface area contributed by atoms with Gasteiger partial charge >= 0.3 is 0 Å². The molecule has 12 heavy (non-hydrogen) atoms. The lowest BCUT2D eigenvalue weighted by Gasteiger charge is -2.16. The van der Waals surface area contributed by atoms with E-state index in [1.54, 1.807) is 6.92 Å². The number of fused-ring (bicyclic) bond motifs is 1. The second-order valence-electron chi connectivity index (χ2n) is 3.27. The lowest BCUT2D eigenvalue weighted by molar-refractivity contribution is 0.401. The Labute approximate surface area is 72.4 Å². The predicted octanol–water partition coefficient (Wildman–Crippen LogP) is 2.75. The molecule has 2 aliphatic rings. The molecule has 2 rings (SSSR count). The van der Waals surface area contributed by atoms with Crippen LogP contribution in [-0.4, -0.2) is 5.11 Å². The van der Waals surface area contributed by atoms with E-state index < -0.39 is 0 Å². The van der Waals surface area contributed by atoms with Crippen LogP contribution < -0.4 is 0 Å². The largest absolute Gasteiger partial charge is 0.512 e. The first-order chi connectivity index (χ1) is 5.79. The molecule has 0 unspecified atom stereocenters. The zero-order valence-corrected chi connectivity index (χ0v) is 7.07. The molecule has 0 heterocycles. The van der Waals surface area contributed by atoms with Crippen molar-refractivity contribution in [3.8, 4) is 0 Å². The van der Waals surface area contributed by atoms with Gasteiger partial charge < -0.3 is 5.11 Å². The zero-order chi connectivity index (χ0) is 8.55. The molecule has 0 radical (unpaired) electrons. The van der Waals surface area contributed by atoms with Crippen LogP contribution in [-0.2, 0) is 0 Å². The van der Waals surface area contributed by atoms with Crippen molar-refractivity contribution in [2.24, 2.45) is 11.8 Å². The number of hydrogen-bond acceptors (Lipinski definition) is 1. The normalized spacial score (nSPS) is 35.4. The smallest absolute Gasteiger partial charge is 0.0929 e. The van der Waals surface area contributed by atoms with E-state index in [9.17, 15) is 5.11 Å². The SMILES string of the molecule is C/C(O)=C1/C=C[C@@H]2C=CC=C[C@H]12. The Morgan fingerprint density at radius 3 is 2.75 bits per heavy atom. The number of aliphatic hydroxyl groups excluding tert-OH is 1. The van der Waals surface area contributed by atoms with Crippen molar-refractivity contribution in [2.75, 3.05) is 0 Å². The van der Waals surface area contributed by atoms with E-state index in [-0.39, 0.29) is 0 Å². The van der Waals surface area contributed by atoms with Crippen molar-refractivity contribution < 1.29 is 5.11 Å². The topological polar surface area (TPSA) is 20.2 Å². The van der Waals surface area contributed by atoms with Crippen molar-refractivity contribution >= 4 is 0 Å². The van der Waals surface area contributed by atoms with Gasteiger partial charge in [-0.2, -0.15) is 0 Å². The molecule has 1 heteroatoms. The Bertz CT molecular complexity index is 301. The summed E-state index contributed by atoms with van der Waals surface area (Å²) in [7, 11) is 0. The monoisotopic (exact) mass is 160 g/mol. The number of rotatable bonds is 0. The summed E-state index contributed by atoms with van der Waals surface area (Å²) in [5.74, 6) is 1.28. The quantitative estimate of drug-likeness (QED) is 0.540. The Morgan fingerprint density at radius 2 is 2.00 bits per heavy atom. The maximum absolute atomic E-state index is 9.36. The van der Waals surface area contributed by atoms with Gasteiger partial charge in [-0.25, -0.2) is 0 Å². The van der Waals surface area contributed by atoms with Crippen LogP contribution >= 0.6 is 0 Å². The summed E-state index contributed by atoms with van der Waals surface area (Å²) in [5.41, 5.74) is 1.06. The van der Waals surface area contributed by atoms with Crippen molar-refractivity contribution in [2.45, 2.75) is 6.92 Å². The summed E-state index contributed by atoms with van der Waals surface area (Å²) in [5, 5.41) is 9.36. The summed E-state index contributed by atoms with van der Waals surface area (Å²) < 4.78 is 0. The first-order valence-corrected chi connectivity index (χ1v) is 4.22. The Kier molecular flexibility index (Phi) is 1.65. The van der Waals surface area contributed by atoms with Gasteiger partial charge in [-0.3, -0.25) is 0 Å². The van der Waals surface area contributed by atoms with Gasteiger partial charge in [0.05, 0.1) is 5.76 Å². The van der Waals surface area contributed by atoms with Crippen LogP contribution in [0.25, 0.3) is 0 Å². The molecule has 0 spiro atoms. The molecule has 0 fully saturated rings. The molecule has 0 aromatic rings. The van der Waals surface area contributed by atoms with Gasteiger partial charge in [-0.15, -0.1) is 0 Å². The minimum Gasteiger partial charge on any atom is -0.512 e. The van der Waals surface area contributed by atoms with E-state index in [1.165, 1.54) is 0 Å². The second-order valence-corrected chi connectivity index (χ2v) is 3.27. The zero-order valence-electron chi connectivity index (χ0n) is 7.07. The fraction of sp³-hybridized carbons (Fsp3) is 0.273. The van der Waals surface area contributed by atoms with Gasteiger partial charge in [0.15, 0.2) is 0 Å². The van der Waals surface area contributed by atoms with E-state index in [2.05, 4.69) is 24.3 Å². The summed E-state index contributed by atoms with van der Waals surface area (Å²) in [6.07, 6.45) is 12.6. The number of hydrogen-bond donors (Lipinski definition) is 1. The lowest BCUT2D eigenvalue weighted by Crippen LogP contribution is -2.07. The first-order valence-electron chi connectivity index (χ1n) is 4.22. The van der Waals surface area contributed by atoms with E-state index >= 15 is 0 Å². The fourth-order valence-electron chi connectivity index (χ4n) is 1.81. The summed E-state index contributed by atoms with van der Waals surface area (Å²) in [4.78, 5) is 0. The molecule has 0 saturated heterocycles. The van der Waals surface area contributed by atoms with E-state index in [0.29, 0.717) is 17.6 Å². The lowest BCUT2D eigenvalue weighted by atomic mass is 9.88. The average Bonchev–Trinajstić information content (AvgIpc) is 2.47. The molecule has 0 aromatic carbocycles. The molecule has 0 aromatic heterocycles. The van der Waals surface area contributed by atoms with Crippen molar-refractivity contribution in [1.82, 2.24) is 0 Å². The minimum atomic E-state index is 0.375. The van der Waals surface area contributed by atoms with Crippen LogP contribution in [0.1, 0.15) is 6.92 Å². The van der Waals surface area contributed by atoms with Crippen LogP contribution in [0.3, 0.4) is 0 Å². The third kappa shape index (κ3) is 1.02. The van der Waals surface area contributed by atoms with Gasteiger partial charge in [0.2, 0.25) is 0 Å². The van der Waals surface area contributed by atoms with Crippen LogP contribution in [0.4, 0.5) is 0 Å². The molecule has 1 nitrogen and oxygen atoms in total. The van der Waals surface area contributed by atoms with Crippen LogP contribution in [0.15, 0.2) is 47.8 Å². The van der Waals surface area contributed by atoms with Crippen molar-refractivity contribution in [1.29, 1.82) is 0 Å².